The molecule has 9 heteroatoms. The fraction of sp³-hybridized carbons (Fsp3) is 0.211. The number of rotatable bonds is 7. The van der Waals surface area contributed by atoms with E-state index in [2.05, 4.69) is 10.3 Å². The normalized spacial score (nSPS) is 11.4. The van der Waals surface area contributed by atoms with Crippen molar-refractivity contribution < 1.29 is 27.5 Å². The van der Waals surface area contributed by atoms with Crippen LogP contribution in [0, 0.1) is 0 Å². The maximum absolute atomic E-state index is 12.4. The number of benzene rings is 1. The first kappa shape index (κ1) is 21.5. The van der Waals surface area contributed by atoms with Crippen molar-refractivity contribution in [3.63, 3.8) is 0 Å². The molecule has 0 aliphatic heterocycles. The number of nitrogens with zero attached hydrogens (tertiary/aromatic N) is 1. The Bertz CT molecular complexity index is 852. The third kappa shape index (κ3) is 7.07. The van der Waals surface area contributed by atoms with E-state index in [1.54, 1.807) is 37.3 Å². The number of thioether (sulfide) groups is 1. The van der Waals surface area contributed by atoms with E-state index in [-0.39, 0.29) is 17.2 Å². The molecule has 0 aliphatic rings. The first-order valence-electron chi connectivity index (χ1n) is 8.19. The smallest absolute Gasteiger partial charge is 0.398 e. The van der Waals surface area contributed by atoms with E-state index in [0.29, 0.717) is 23.0 Å². The Balaban J connectivity index is 2.04. The Hall–Kier alpha value is -2.81. The second-order valence-corrected chi connectivity index (χ2v) is 6.39. The maximum atomic E-state index is 12.4. The van der Waals surface area contributed by atoms with E-state index < -0.39 is 23.8 Å². The van der Waals surface area contributed by atoms with Gasteiger partial charge in [-0.1, -0.05) is 23.9 Å². The highest BCUT2D eigenvalue weighted by molar-refractivity contribution is 7.99. The van der Waals surface area contributed by atoms with Crippen LogP contribution in [0.25, 0.3) is 6.08 Å². The second kappa shape index (κ2) is 9.93. The van der Waals surface area contributed by atoms with Gasteiger partial charge in [-0.2, -0.15) is 13.2 Å². The molecule has 1 aromatic heterocycles. The summed E-state index contributed by atoms with van der Waals surface area (Å²) in [6.07, 6.45) is -0.170. The highest BCUT2D eigenvalue weighted by Gasteiger charge is 2.28. The lowest BCUT2D eigenvalue weighted by Gasteiger charge is -2.10. The number of carbonyl (C=O) groups excluding carboxylic acids is 2. The molecule has 0 fully saturated rings. The maximum Gasteiger partial charge on any atom is 0.398 e. The lowest BCUT2D eigenvalue weighted by atomic mass is 10.2. The van der Waals surface area contributed by atoms with Gasteiger partial charge < -0.3 is 10.1 Å². The van der Waals surface area contributed by atoms with E-state index in [1.165, 1.54) is 24.4 Å². The van der Waals surface area contributed by atoms with Crippen molar-refractivity contribution in [2.24, 2.45) is 0 Å². The number of anilines is 1. The van der Waals surface area contributed by atoms with Crippen molar-refractivity contribution in [1.29, 1.82) is 0 Å². The molecule has 0 saturated carbocycles. The molecule has 0 bridgehead atoms. The summed E-state index contributed by atoms with van der Waals surface area (Å²) in [7, 11) is 0. The molecule has 1 N–H and O–H groups in total. The summed E-state index contributed by atoms with van der Waals surface area (Å²) >= 11 is 0.459. The van der Waals surface area contributed by atoms with Gasteiger partial charge in [0.2, 0.25) is 0 Å². The van der Waals surface area contributed by atoms with Gasteiger partial charge in [0, 0.05) is 18.0 Å². The first-order chi connectivity index (χ1) is 13.3. The zero-order chi connectivity index (χ0) is 20.6. The predicted molar refractivity (Wildman–Crippen MR) is 101 cm³/mol. The zero-order valence-electron chi connectivity index (χ0n) is 14.8. The van der Waals surface area contributed by atoms with Gasteiger partial charge in [0.25, 0.3) is 5.91 Å². The van der Waals surface area contributed by atoms with Crippen LogP contribution >= 0.6 is 11.8 Å². The lowest BCUT2D eigenvalue weighted by Crippen LogP contribution is -2.15. The van der Waals surface area contributed by atoms with Gasteiger partial charge in [-0.25, -0.2) is 9.78 Å². The van der Waals surface area contributed by atoms with Crippen LogP contribution in [0.3, 0.4) is 0 Å². The van der Waals surface area contributed by atoms with Crippen LogP contribution in [-0.4, -0.2) is 35.4 Å². The minimum atomic E-state index is -4.36. The number of amides is 1. The lowest BCUT2D eigenvalue weighted by molar-refractivity contribution is -0.137. The highest BCUT2D eigenvalue weighted by atomic mass is 32.2. The Morgan fingerprint density at radius 1 is 1.21 bits per heavy atom. The predicted octanol–water partition coefficient (Wildman–Crippen LogP) is 4.56. The molecular formula is C19H17F3N2O3S. The van der Waals surface area contributed by atoms with Gasteiger partial charge in [0.05, 0.1) is 17.9 Å². The Kier molecular flexibility index (Phi) is 7.62. The average Bonchev–Trinajstić information content (AvgIpc) is 2.65. The van der Waals surface area contributed by atoms with E-state index in [4.69, 9.17) is 4.74 Å². The molecule has 0 aliphatic carbocycles. The van der Waals surface area contributed by atoms with Crippen LogP contribution in [0.4, 0.5) is 18.9 Å². The van der Waals surface area contributed by atoms with Crippen molar-refractivity contribution in [3.8, 4) is 0 Å². The fourth-order valence-electron chi connectivity index (χ4n) is 2.06. The third-order valence-electron chi connectivity index (χ3n) is 3.26. The molecule has 0 spiro atoms. The Morgan fingerprint density at radius 3 is 2.57 bits per heavy atom. The Labute approximate surface area is 164 Å². The summed E-state index contributed by atoms with van der Waals surface area (Å²) in [6.45, 7) is 1.99. The van der Waals surface area contributed by atoms with Crippen molar-refractivity contribution in [1.82, 2.24) is 4.98 Å². The van der Waals surface area contributed by atoms with Crippen LogP contribution < -0.4 is 5.32 Å². The molecule has 0 atom stereocenters. The summed E-state index contributed by atoms with van der Waals surface area (Å²) < 4.78 is 42.1. The Morgan fingerprint density at radius 2 is 1.93 bits per heavy atom. The van der Waals surface area contributed by atoms with Gasteiger partial charge in [-0.3, -0.25) is 4.79 Å². The largest absolute Gasteiger partial charge is 0.463 e. The number of hydrogen-bond donors (Lipinski definition) is 1. The number of esters is 1. The van der Waals surface area contributed by atoms with Gasteiger partial charge in [-0.05, 0) is 42.8 Å². The average molecular weight is 410 g/mol. The number of ether oxygens (including phenoxy) is 1. The number of carbonyl (C=O) groups is 2. The van der Waals surface area contributed by atoms with E-state index >= 15 is 0 Å². The topological polar surface area (TPSA) is 68.3 Å². The molecule has 2 rings (SSSR count). The molecule has 148 valence electrons. The molecule has 1 aromatic carbocycles. The van der Waals surface area contributed by atoms with Gasteiger partial charge >= 0.3 is 12.1 Å². The molecule has 5 nitrogen and oxygen atoms in total. The number of nitrogens with one attached hydrogen (secondary N) is 1. The molecule has 1 heterocycles. The molecular weight excluding hydrogens is 393 g/mol. The minimum Gasteiger partial charge on any atom is -0.463 e. The van der Waals surface area contributed by atoms with Crippen LogP contribution in [0.1, 0.15) is 22.8 Å². The number of hydrogen-bond acceptors (Lipinski definition) is 5. The molecule has 2 aromatic rings. The van der Waals surface area contributed by atoms with E-state index in [9.17, 15) is 22.8 Å². The van der Waals surface area contributed by atoms with Crippen LogP contribution in [0.15, 0.2) is 53.7 Å². The highest BCUT2D eigenvalue weighted by Crippen LogP contribution is 2.28. The van der Waals surface area contributed by atoms with E-state index in [1.807, 2.05) is 0 Å². The molecule has 0 unspecified atom stereocenters. The quantitative estimate of drug-likeness (QED) is 0.412. The second-order valence-electron chi connectivity index (χ2n) is 5.42. The van der Waals surface area contributed by atoms with Crippen molar-refractivity contribution in [3.05, 3.63) is 59.8 Å². The van der Waals surface area contributed by atoms with Gasteiger partial charge in [0.1, 0.15) is 5.03 Å². The fourth-order valence-corrected chi connectivity index (χ4v) is 2.81. The van der Waals surface area contributed by atoms with Crippen LogP contribution in [-0.2, 0) is 9.53 Å². The monoisotopic (exact) mass is 410 g/mol. The van der Waals surface area contributed by atoms with Crippen molar-refractivity contribution >= 4 is 35.4 Å². The molecule has 0 radical (unpaired) electrons. The molecule has 28 heavy (non-hydrogen) atoms. The SMILES string of the molecule is CCOC(=O)C=Cc1ccc(NC(=O)c2cccnc2SCC(F)(F)F)cc1. The standard InChI is InChI=1S/C19H17F3N2O3S/c1-2-27-16(25)10-7-13-5-8-14(9-6-13)24-17(26)15-4-3-11-23-18(15)28-12-19(20,21)22/h3-11H,2,12H2,1H3,(H,24,26). The zero-order valence-corrected chi connectivity index (χ0v) is 15.6. The summed E-state index contributed by atoms with van der Waals surface area (Å²) in [4.78, 5) is 27.6. The van der Waals surface area contributed by atoms with Gasteiger partial charge in [-0.15, -0.1) is 0 Å². The number of aromatic nitrogens is 1. The van der Waals surface area contributed by atoms with Crippen molar-refractivity contribution in [2.75, 3.05) is 17.7 Å². The number of pyridine rings is 1. The van der Waals surface area contributed by atoms with Crippen LogP contribution in [0.5, 0.6) is 0 Å². The van der Waals surface area contributed by atoms with E-state index in [0.717, 1.165) is 0 Å². The van der Waals surface area contributed by atoms with Crippen LogP contribution in [0.2, 0.25) is 0 Å². The summed E-state index contributed by atoms with van der Waals surface area (Å²) in [5, 5.41) is 2.62. The van der Waals surface area contributed by atoms with Crippen molar-refractivity contribution in [2.45, 2.75) is 18.1 Å². The van der Waals surface area contributed by atoms with Gasteiger partial charge in [0.15, 0.2) is 0 Å². The molecule has 0 saturated heterocycles. The number of halogens is 3. The summed E-state index contributed by atoms with van der Waals surface area (Å²) in [5.74, 6) is -2.15. The number of alkyl halides is 3. The first-order valence-corrected chi connectivity index (χ1v) is 9.18. The third-order valence-corrected chi connectivity index (χ3v) is 4.33. The summed E-state index contributed by atoms with van der Waals surface area (Å²) in [5.41, 5.74) is 1.23. The molecule has 1 amide bonds. The minimum absolute atomic E-state index is 0.00585. The summed E-state index contributed by atoms with van der Waals surface area (Å²) in [6, 6.07) is 9.47.